The molecule has 1 fully saturated rings. The van der Waals surface area contributed by atoms with Crippen LogP contribution in [0.5, 0.6) is 0 Å². The first-order chi connectivity index (χ1) is 16.9. The van der Waals surface area contributed by atoms with Gasteiger partial charge in [-0.2, -0.15) is 5.26 Å². The third kappa shape index (κ3) is 4.02. The van der Waals surface area contributed by atoms with Crippen molar-refractivity contribution in [2.24, 2.45) is 0 Å². The second-order valence-corrected chi connectivity index (χ2v) is 9.07. The molecule has 0 spiro atoms. The molecule has 1 amide bonds. The maximum absolute atomic E-state index is 13.2. The van der Waals surface area contributed by atoms with Crippen molar-refractivity contribution >= 4 is 11.7 Å². The van der Waals surface area contributed by atoms with Crippen LogP contribution in [0, 0.1) is 18.3 Å². The molecule has 2 aromatic carbocycles. The van der Waals surface area contributed by atoms with E-state index in [2.05, 4.69) is 11.1 Å². The molecule has 5 rings (SSSR count). The van der Waals surface area contributed by atoms with Crippen LogP contribution in [0.15, 0.2) is 58.1 Å². The Bertz CT molecular complexity index is 1470. The summed E-state index contributed by atoms with van der Waals surface area (Å²) in [5.41, 5.74) is 2.08. The number of benzene rings is 2. The lowest BCUT2D eigenvalue weighted by atomic mass is 10.0. The van der Waals surface area contributed by atoms with Crippen molar-refractivity contribution in [1.82, 2.24) is 14.5 Å². The molecule has 2 aliphatic heterocycles. The first-order valence-corrected chi connectivity index (χ1v) is 11.6. The average molecular weight is 472 g/mol. The fourth-order valence-corrected chi connectivity index (χ4v) is 5.10. The first kappa shape index (κ1) is 22.6. The zero-order valence-electron chi connectivity index (χ0n) is 19.3. The van der Waals surface area contributed by atoms with Gasteiger partial charge in [0.1, 0.15) is 5.82 Å². The SMILES string of the molecule is Cc1ccc2c(c1)C(=O)N([C@@H]1CCCN(c3cc(=O)[nH]c(=O)n3Cc3ccccc3C#N)C1)C2O. The number of carbonyl (C=O) groups is 1. The second-order valence-electron chi connectivity index (χ2n) is 9.07. The molecule has 35 heavy (non-hydrogen) atoms. The summed E-state index contributed by atoms with van der Waals surface area (Å²) >= 11 is 0. The Hall–Kier alpha value is -4.16. The number of fused-ring (bicyclic) bond motifs is 1. The van der Waals surface area contributed by atoms with E-state index in [9.17, 15) is 24.8 Å². The van der Waals surface area contributed by atoms with Crippen molar-refractivity contribution < 1.29 is 9.90 Å². The summed E-state index contributed by atoms with van der Waals surface area (Å²) in [5.74, 6) is 0.208. The maximum Gasteiger partial charge on any atom is 0.330 e. The second kappa shape index (κ2) is 8.89. The summed E-state index contributed by atoms with van der Waals surface area (Å²) in [6, 6.07) is 15.7. The number of amides is 1. The smallest absolute Gasteiger partial charge is 0.330 e. The van der Waals surface area contributed by atoms with E-state index in [1.807, 2.05) is 17.9 Å². The van der Waals surface area contributed by atoms with E-state index in [-0.39, 0.29) is 18.5 Å². The Balaban J connectivity index is 1.48. The average Bonchev–Trinajstić information content (AvgIpc) is 3.10. The van der Waals surface area contributed by atoms with E-state index < -0.39 is 17.5 Å². The van der Waals surface area contributed by atoms with Crippen molar-refractivity contribution in [3.05, 3.63) is 97.2 Å². The van der Waals surface area contributed by atoms with E-state index in [0.29, 0.717) is 54.0 Å². The summed E-state index contributed by atoms with van der Waals surface area (Å²) in [6.07, 6.45) is 0.371. The molecule has 178 valence electrons. The van der Waals surface area contributed by atoms with Crippen LogP contribution in [0.1, 0.15) is 51.7 Å². The Kier molecular flexibility index (Phi) is 5.75. The van der Waals surface area contributed by atoms with Crippen LogP contribution in [0.2, 0.25) is 0 Å². The fraction of sp³-hybridized carbons (Fsp3) is 0.308. The number of aromatic amines is 1. The Morgan fingerprint density at radius 1 is 1.14 bits per heavy atom. The Labute approximate surface area is 201 Å². The van der Waals surface area contributed by atoms with Crippen LogP contribution in [-0.2, 0) is 6.54 Å². The number of hydrogen-bond acceptors (Lipinski definition) is 6. The number of carbonyl (C=O) groups excluding carboxylic acids is 1. The molecule has 1 unspecified atom stereocenters. The predicted octanol–water partition coefficient (Wildman–Crippen LogP) is 1.88. The van der Waals surface area contributed by atoms with Gasteiger partial charge in [-0.1, -0.05) is 35.9 Å². The number of nitriles is 1. The highest BCUT2D eigenvalue weighted by Gasteiger charge is 2.41. The minimum Gasteiger partial charge on any atom is -0.369 e. The minimum absolute atomic E-state index is 0.117. The predicted molar refractivity (Wildman–Crippen MR) is 129 cm³/mol. The highest BCUT2D eigenvalue weighted by atomic mass is 16.3. The van der Waals surface area contributed by atoms with E-state index in [4.69, 9.17) is 0 Å². The van der Waals surface area contributed by atoms with Gasteiger partial charge in [0.15, 0.2) is 6.23 Å². The summed E-state index contributed by atoms with van der Waals surface area (Å²) in [6.45, 7) is 2.97. The quantitative estimate of drug-likeness (QED) is 0.599. The molecule has 1 saturated heterocycles. The highest BCUT2D eigenvalue weighted by Crippen LogP contribution is 2.36. The fourth-order valence-electron chi connectivity index (χ4n) is 5.10. The Morgan fingerprint density at radius 2 is 1.94 bits per heavy atom. The Morgan fingerprint density at radius 3 is 2.74 bits per heavy atom. The number of aromatic nitrogens is 2. The number of hydrogen-bond donors (Lipinski definition) is 2. The van der Waals surface area contributed by atoms with Gasteiger partial charge in [-0.15, -0.1) is 0 Å². The van der Waals surface area contributed by atoms with Crippen LogP contribution >= 0.6 is 0 Å². The summed E-state index contributed by atoms with van der Waals surface area (Å²) in [5, 5.41) is 20.4. The van der Waals surface area contributed by atoms with Crippen molar-refractivity contribution in [2.75, 3.05) is 18.0 Å². The molecule has 2 N–H and O–H groups in total. The molecule has 9 nitrogen and oxygen atoms in total. The third-order valence-corrected chi connectivity index (χ3v) is 6.81. The number of rotatable bonds is 4. The van der Waals surface area contributed by atoms with Gasteiger partial charge in [0, 0.05) is 30.3 Å². The number of nitrogens with one attached hydrogen (secondary N) is 1. The lowest BCUT2D eigenvalue weighted by Gasteiger charge is -2.40. The van der Waals surface area contributed by atoms with Crippen LogP contribution in [-0.4, -0.2) is 44.6 Å². The lowest BCUT2D eigenvalue weighted by molar-refractivity contribution is -0.00595. The topological polar surface area (TPSA) is 122 Å². The molecule has 3 heterocycles. The minimum atomic E-state index is -1.04. The number of H-pyrrole nitrogens is 1. The van der Waals surface area contributed by atoms with Crippen molar-refractivity contribution in [3.63, 3.8) is 0 Å². The van der Waals surface area contributed by atoms with Gasteiger partial charge in [0.25, 0.3) is 11.5 Å². The zero-order chi connectivity index (χ0) is 24.7. The monoisotopic (exact) mass is 471 g/mol. The molecule has 0 bridgehead atoms. The number of piperidine rings is 1. The summed E-state index contributed by atoms with van der Waals surface area (Å²) in [4.78, 5) is 44.0. The molecule has 1 aromatic heterocycles. The molecular formula is C26H25N5O4. The van der Waals surface area contributed by atoms with E-state index >= 15 is 0 Å². The van der Waals surface area contributed by atoms with Crippen molar-refractivity contribution in [3.8, 4) is 6.07 Å². The summed E-state index contributed by atoms with van der Waals surface area (Å²) in [7, 11) is 0. The van der Waals surface area contributed by atoms with Crippen LogP contribution in [0.4, 0.5) is 5.82 Å². The highest BCUT2D eigenvalue weighted by molar-refractivity contribution is 5.99. The van der Waals surface area contributed by atoms with E-state index in [1.165, 1.54) is 15.5 Å². The number of aryl methyl sites for hydroxylation is 1. The third-order valence-electron chi connectivity index (χ3n) is 6.81. The van der Waals surface area contributed by atoms with Crippen molar-refractivity contribution in [1.29, 1.82) is 5.26 Å². The first-order valence-electron chi connectivity index (χ1n) is 11.6. The largest absolute Gasteiger partial charge is 0.369 e. The van der Waals surface area contributed by atoms with Crippen LogP contribution in [0.3, 0.4) is 0 Å². The van der Waals surface area contributed by atoms with Gasteiger partial charge in [0.2, 0.25) is 0 Å². The lowest BCUT2D eigenvalue weighted by Crippen LogP contribution is -2.51. The number of aliphatic hydroxyl groups excluding tert-OH is 1. The van der Waals surface area contributed by atoms with Crippen LogP contribution < -0.4 is 16.1 Å². The number of aliphatic hydroxyl groups is 1. The number of anilines is 1. The van der Waals surface area contributed by atoms with Gasteiger partial charge in [-0.05, 0) is 37.5 Å². The number of nitrogens with zero attached hydrogens (tertiary/aromatic N) is 4. The van der Waals surface area contributed by atoms with Crippen molar-refractivity contribution in [2.45, 2.75) is 38.6 Å². The summed E-state index contributed by atoms with van der Waals surface area (Å²) < 4.78 is 1.44. The molecule has 0 saturated carbocycles. The zero-order valence-corrected chi connectivity index (χ0v) is 19.3. The van der Waals surface area contributed by atoms with Gasteiger partial charge < -0.3 is 14.9 Å². The van der Waals surface area contributed by atoms with Gasteiger partial charge in [-0.3, -0.25) is 19.1 Å². The van der Waals surface area contributed by atoms with E-state index in [0.717, 1.165) is 5.56 Å². The maximum atomic E-state index is 13.2. The molecular weight excluding hydrogens is 446 g/mol. The van der Waals surface area contributed by atoms with Gasteiger partial charge in [-0.25, -0.2) is 4.79 Å². The normalized spacial score (nSPS) is 19.5. The van der Waals surface area contributed by atoms with E-state index in [1.54, 1.807) is 36.4 Å². The molecule has 0 aliphatic carbocycles. The molecule has 3 aromatic rings. The molecule has 2 atom stereocenters. The molecule has 9 heteroatoms. The molecule has 2 aliphatic rings. The standard InChI is InChI=1S/C26H25N5O4/c1-16-8-9-20-21(11-16)25(34)31(24(20)33)19-7-4-10-29(15-19)23-12-22(32)28-26(35)30(23)14-18-6-3-2-5-17(18)13-27/h2-3,5-6,8-9,11-12,19,24,33H,4,7,10,14-15H2,1H3,(H,28,32,35)/t19-,24?/m1/s1. The van der Waals surface area contributed by atoms with Gasteiger partial charge >= 0.3 is 5.69 Å². The van der Waals surface area contributed by atoms with Gasteiger partial charge in [0.05, 0.1) is 24.2 Å². The van der Waals surface area contributed by atoms with Crippen LogP contribution in [0.25, 0.3) is 0 Å². The molecule has 0 radical (unpaired) electrons.